The maximum absolute atomic E-state index is 5.86. The van der Waals surface area contributed by atoms with Gasteiger partial charge in [0.2, 0.25) is 0 Å². The summed E-state index contributed by atoms with van der Waals surface area (Å²) < 4.78 is 2.28. The number of nitrogens with zero attached hydrogens (tertiary/aromatic N) is 2. The first-order valence-electron chi connectivity index (χ1n) is 6.80. The molecular formula is C15H21N3. The van der Waals surface area contributed by atoms with Gasteiger partial charge in [0, 0.05) is 30.4 Å². The Labute approximate surface area is 108 Å². The average Bonchev–Trinajstić information content (AvgIpc) is 2.68. The number of aromatic nitrogens is 1. The summed E-state index contributed by atoms with van der Waals surface area (Å²) in [5.74, 6) is 0. The van der Waals surface area contributed by atoms with Crippen molar-refractivity contribution in [2.24, 2.45) is 7.05 Å². The highest BCUT2D eigenvalue weighted by atomic mass is 15.1. The van der Waals surface area contributed by atoms with Gasteiger partial charge in [-0.2, -0.15) is 0 Å². The summed E-state index contributed by atoms with van der Waals surface area (Å²) in [6.07, 6.45) is 4.08. The lowest BCUT2D eigenvalue weighted by molar-refractivity contribution is 0.217. The molecule has 2 aromatic rings. The molecule has 1 saturated heterocycles. The molecule has 3 nitrogen and oxygen atoms in total. The number of likely N-dealkylation sites (tertiary alicyclic amines) is 1. The van der Waals surface area contributed by atoms with Crippen molar-refractivity contribution < 1.29 is 0 Å². The summed E-state index contributed by atoms with van der Waals surface area (Å²) in [4.78, 5) is 2.56. The molecule has 0 atom stereocenters. The van der Waals surface area contributed by atoms with Crippen LogP contribution in [0.2, 0.25) is 0 Å². The Morgan fingerprint density at radius 2 is 1.89 bits per heavy atom. The van der Waals surface area contributed by atoms with E-state index in [9.17, 15) is 0 Å². The number of hydrogen-bond donors (Lipinski definition) is 1. The zero-order valence-corrected chi connectivity index (χ0v) is 11.0. The molecule has 1 aromatic heterocycles. The minimum absolute atomic E-state index is 0.841. The molecular weight excluding hydrogens is 222 g/mol. The minimum atomic E-state index is 0.841. The molecule has 1 aliphatic rings. The summed E-state index contributed by atoms with van der Waals surface area (Å²) in [6, 6.07) is 8.45. The van der Waals surface area contributed by atoms with Gasteiger partial charge in [0.15, 0.2) is 0 Å². The van der Waals surface area contributed by atoms with Crippen LogP contribution in [0, 0.1) is 0 Å². The maximum atomic E-state index is 5.86. The predicted octanol–water partition coefficient (Wildman–Crippen LogP) is 2.75. The van der Waals surface area contributed by atoms with Crippen molar-refractivity contribution in [2.45, 2.75) is 25.8 Å². The van der Waals surface area contributed by atoms with Gasteiger partial charge in [-0.05, 0) is 44.1 Å². The minimum Gasteiger partial charge on any atom is -0.399 e. The van der Waals surface area contributed by atoms with Crippen molar-refractivity contribution in [3.63, 3.8) is 0 Å². The number of anilines is 1. The number of benzene rings is 1. The van der Waals surface area contributed by atoms with E-state index in [1.807, 2.05) is 6.07 Å². The average molecular weight is 243 g/mol. The van der Waals surface area contributed by atoms with Gasteiger partial charge in [0.1, 0.15) is 0 Å². The Hall–Kier alpha value is -1.48. The van der Waals surface area contributed by atoms with Crippen molar-refractivity contribution in [3.8, 4) is 0 Å². The molecule has 18 heavy (non-hydrogen) atoms. The van der Waals surface area contributed by atoms with Gasteiger partial charge in [0.25, 0.3) is 0 Å². The van der Waals surface area contributed by atoms with Crippen molar-refractivity contribution >= 4 is 16.6 Å². The molecule has 2 heterocycles. The lowest BCUT2D eigenvalue weighted by Gasteiger charge is -2.26. The lowest BCUT2D eigenvalue weighted by atomic mass is 10.1. The SMILES string of the molecule is Cn1c(CN2CCCCC2)cc2ccc(N)cc21. The fourth-order valence-corrected chi connectivity index (χ4v) is 2.90. The summed E-state index contributed by atoms with van der Waals surface area (Å²) in [5.41, 5.74) is 9.33. The highest BCUT2D eigenvalue weighted by Crippen LogP contribution is 2.23. The van der Waals surface area contributed by atoms with Crippen molar-refractivity contribution in [1.82, 2.24) is 9.47 Å². The van der Waals surface area contributed by atoms with Gasteiger partial charge >= 0.3 is 0 Å². The lowest BCUT2D eigenvalue weighted by Crippen LogP contribution is -2.29. The Morgan fingerprint density at radius 1 is 1.11 bits per heavy atom. The Balaban J connectivity index is 1.89. The van der Waals surface area contributed by atoms with Crippen molar-refractivity contribution in [3.05, 3.63) is 30.0 Å². The predicted molar refractivity (Wildman–Crippen MR) is 76.5 cm³/mol. The number of hydrogen-bond acceptors (Lipinski definition) is 2. The fourth-order valence-electron chi connectivity index (χ4n) is 2.90. The Bertz CT molecular complexity index is 550. The smallest absolute Gasteiger partial charge is 0.0500 e. The van der Waals surface area contributed by atoms with E-state index >= 15 is 0 Å². The van der Waals surface area contributed by atoms with Crippen LogP contribution in [0.15, 0.2) is 24.3 Å². The number of fused-ring (bicyclic) bond motifs is 1. The van der Waals surface area contributed by atoms with Gasteiger partial charge < -0.3 is 10.3 Å². The summed E-state index contributed by atoms with van der Waals surface area (Å²) in [7, 11) is 2.14. The molecule has 3 heteroatoms. The largest absolute Gasteiger partial charge is 0.399 e. The number of rotatable bonds is 2. The first-order valence-corrected chi connectivity index (χ1v) is 6.80. The monoisotopic (exact) mass is 243 g/mol. The van der Waals surface area contributed by atoms with Crippen LogP contribution in [0.3, 0.4) is 0 Å². The molecule has 0 radical (unpaired) electrons. The first kappa shape index (κ1) is 11.6. The molecule has 96 valence electrons. The second-order valence-electron chi connectivity index (χ2n) is 5.35. The number of piperidine rings is 1. The molecule has 0 amide bonds. The second kappa shape index (κ2) is 4.65. The molecule has 1 fully saturated rings. The first-order chi connectivity index (χ1) is 8.74. The third-order valence-corrected chi connectivity index (χ3v) is 4.00. The van der Waals surface area contributed by atoms with Crippen LogP contribution in [-0.4, -0.2) is 22.6 Å². The van der Waals surface area contributed by atoms with Crippen LogP contribution in [0.25, 0.3) is 10.9 Å². The van der Waals surface area contributed by atoms with E-state index in [1.54, 1.807) is 0 Å². The zero-order valence-electron chi connectivity index (χ0n) is 11.0. The summed E-state index contributed by atoms with van der Waals surface area (Å²) in [5, 5.41) is 1.29. The topological polar surface area (TPSA) is 34.2 Å². The highest BCUT2D eigenvalue weighted by Gasteiger charge is 2.13. The highest BCUT2D eigenvalue weighted by molar-refractivity contribution is 5.84. The van der Waals surface area contributed by atoms with E-state index in [4.69, 9.17) is 5.73 Å². The molecule has 0 aliphatic carbocycles. The quantitative estimate of drug-likeness (QED) is 0.823. The number of nitrogens with two attached hydrogens (primary N) is 1. The molecule has 0 bridgehead atoms. The molecule has 0 spiro atoms. The molecule has 0 saturated carbocycles. The van der Waals surface area contributed by atoms with E-state index < -0.39 is 0 Å². The van der Waals surface area contributed by atoms with Crippen LogP contribution in [0.4, 0.5) is 5.69 Å². The molecule has 2 N–H and O–H groups in total. The molecule has 0 unspecified atom stereocenters. The van der Waals surface area contributed by atoms with Crippen LogP contribution in [0.5, 0.6) is 0 Å². The second-order valence-corrected chi connectivity index (χ2v) is 5.35. The zero-order chi connectivity index (χ0) is 12.5. The Morgan fingerprint density at radius 3 is 2.67 bits per heavy atom. The number of nitrogen functional groups attached to an aromatic ring is 1. The van der Waals surface area contributed by atoms with Crippen molar-refractivity contribution in [1.29, 1.82) is 0 Å². The fraction of sp³-hybridized carbons (Fsp3) is 0.467. The van der Waals surface area contributed by atoms with Crippen molar-refractivity contribution in [2.75, 3.05) is 18.8 Å². The standard InChI is InChI=1S/C15H21N3/c1-17-14(11-18-7-3-2-4-8-18)9-12-5-6-13(16)10-15(12)17/h5-6,9-10H,2-4,7-8,11,16H2,1H3. The summed E-state index contributed by atoms with van der Waals surface area (Å²) >= 11 is 0. The van der Waals surface area contributed by atoms with Crippen LogP contribution in [0.1, 0.15) is 25.0 Å². The maximum Gasteiger partial charge on any atom is 0.0500 e. The van der Waals surface area contributed by atoms with E-state index in [0.29, 0.717) is 0 Å². The van der Waals surface area contributed by atoms with E-state index in [-0.39, 0.29) is 0 Å². The van der Waals surface area contributed by atoms with Gasteiger partial charge in [-0.1, -0.05) is 12.5 Å². The third kappa shape index (κ3) is 2.10. The van der Waals surface area contributed by atoms with E-state index in [0.717, 1.165) is 12.2 Å². The van der Waals surface area contributed by atoms with Gasteiger partial charge in [-0.3, -0.25) is 4.90 Å². The van der Waals surface area contributed by atoms with Gasteiger partial charge in [-0.15, -0.1) is 0 Å². The van der Waals surface area contributed by atoms with Gasteiger partial charge in [0.05, 0.1) is 5.52 Å². The van der Waals surface area contributed by atoms with E-state index in [2.05, 4.69) is 34.7 Å². The molecule has 1 aliphatic heterocycles. The van der Waals surface area contributed by atoms with Gasteiger partial charge in [-0.25, -0.2) is 0 Å². The molecule has 1 aromatic carbocycles. The van der Waals surface area contributed by atoms with Crippen LogP contribution < -0.4 is 5.73 Å². The van der Waals surface area contributed by atoms with Crippen LogP contribution >= 0.6 is 0 Å². The van der Waals surface area contributed by atoms with Crippen LogP contribution in [-0.2, 0) is 13.6 Å². The number of aryl methyl sites for hydroxylation is 1. The Kier molecular flexibility index (Phi) is 3.00. The van der Waals surface area contributed by atoms with E-state index in [1.165, 1.54) is 48.9 Å². The summed E-state index contributed by atoms with van der Waals surface area (Å²) in [6.45, 7) is 3.54. The normalized spacial score (nSPS) is 17.4. The molecule has 3 rings (SSSR count). The third-order valence-electron chi connectivity index (χ3n) is 4.00.